The Balaban J connectivity index is 5.24. The van der Waals surface area contributed by atoms with E-state index < -0.39 is 37.9 Å². The van der Waals surface area contributed by atoms with Crippen molar-refractivity contribution in [1.29, 1.82) is 0 Å². The van der Waals surface area contributed by atoms with Crippen molar-refractivity contribution in [3.8, 4) is 0 Å². The minimum Gasteiger partial charge on any atom is -0.435 e. The standard InChI is InChI=1S/C16H31O8P/c1-9-14(17)20-12(5)22-25(19,24-16(7,8)11(3)4)23-13(6)21-15(18)10-2/h11-13H,9-10H2,1-8H3. The fourth-order valence-electron chi connectivity index (χ4n) is 1.40. The molecule has 0 radical (unpaired) electrons. The molecule has 0 rings (SSSR count). The Morgan fingerprint density at radius 1 is 0.880 bits per heavy atom. The molecule has 0 aliphatic rings. The van der Waals surface area contributed by atoms with Gasteiger partial charge in [-0.15, -0.1) is 0 Å². The van der Waals surface area contributed by atoms with E-state index in [-0.39, 0.29) is 18.8 Å². The van der Waals surface area contributed by atoms with Gasteiger partial charge in [0.25, 0.3) is 0 Å². The van der Waals surface area contributed by atoms with E-state index in [2.05, 4.69) is 0 Å². The summed E-state index contributed by atoms with van der Waals surface area (Å²) in [7, 11) is -4.19. The molecule has 0 spiro atoms. The third-order valence-electron chi connectivity index (χ3n) is 3.46. The van der Waals surface area contributed by atoms with E-state index in [1.165, 1.54) is 13.8 Å². The number of hydrogen-bond donors (Lipinski definition) is 0. The summed E-state index contributed by atoms with van der Waals surface area (Å²) in [4.78, 5) is 22.7. The molecule has 0 aromatic carbocycles. The number of phosphoric ester groups is 1. The first-order chi connectivity index (χ1) is 11.3. The molecule has 0 aromatic heterocycles. The minimum absolute atomic E-state index is 0.0185. The van der Waals surface area contributed by atoms with Crippen LogP contribution in [0.3, 0.4) is 0 Å². The summed E-state index contributed by atoms with van der Waals surface area (Å²) in [5.41, 5.74) is -0.863. The Labute approximate surface area is 150 Å². The highest BCUT2D eigenvalue weighted by Crippen LogP contribution is 2.55. The van der Waals surface area contributed by atoms with Crippen LogP contribution in [0.5, 0.6) is 0 Å². The normalized spacial score (nSPS) is 16.8. The van der Waals surface area contributed by atoms with E-state index in [9.17, 15) is 14.2 Å². The third-order valence-corrected chi connectivity index (χ3v) is 5.27. The van der Waals surface area contributed by atoms with Crippen molar-refractivity contribution < 1.29 is 37.2 Å². The maximum Gasteiger partial charge on any atom is 0.481 e. The first-order valence-electron chi connectivity index (χ1n) is 8.41. The van der Waals surface area contributed by atoms with Crippen LogP contribution >= 0.6 is 7.82 Å². The quantitative estimate of drug-likeness (QED) is 0.298. The summed E-state index contributed by atoms with van der Waals surface area (Å²) >= 11 is 0. The van der Waals surface area contributed by atoms with Gasteiger partial charge in [-0.2, -0.15) is 0 Å². The smallest absolute Gasteiger partial charge is 0.435 e. The van der Waals surface area contributed by atoms with Gasteiger partial charge in [0.15, 0.2) is 0 Å². The lowest BCUT2D eigenvalue weighted by molar-refractivity contribution is -0.172. The van der Waals surface area contributed by atoms with Gasteiger partial charge in [0, 0.05) is 12.8 Å². The van der Waals surface area contributed by atoms with Crippen LogP contribution in [0.1, 0.15) is 68.2 Å². The third kappa shape index (κ3) is 9.35. The SMILES string of the molecule is CCC(=O)OC(C)OP(=O)(OC(C)OC(=O)CC)OC(C)(C)C(C)C. The maximum absolute atomic E-state index is 13.0. The molecule has 0 aliphatic heterocycles. The number of phosphoric acid groups is 1. The lowest BCUT2D eigenvalue weighted by Crippen LogP contribution is -2.32. The van der Waals surface area contributed by atoms with Gasteiger partial charge in [-0.1, -0.05) is 27.7 Å². The number of carbonyl (C=O) groups excluding carboxylic acids is 2. The average Bonchev–Trinajstić information content (AvgIpc) is 2.44. The van der Waals surface area contributed by atoms with E-state index in [4.69, 9.17) is 23.0 Å². The molecule has 0 saturated carbocycles. The van der Waals surface area contributed by atoms with Gasteiger partial charge in [-0.25, -0.2) is 13.6 Å². The van der Waals surface area contributed by atoms with Crippen molar-refractivity contribution in [1.82, 2.24) is 0 Å². The molecule has 0 N–H and O–H groups in total. The molecule has 2 unspecified atom stereocenters. The molecule has 148 valence electrons. The predicted octanol–water partition coefficient (Wildman–Crippen LogP) is 4.18. The monoisotopic (exact) mass is 382 g/mol. The molecule has 0 bridgehead atoms. The second-order valence-corrected chi connectivity index (χ2v) is 7.83. The Hall–Kier alpha value is -0.950. The predicted molar refractivity (Wildman–Crippen MR) is 91.5 cm³/mol. The topological polar surface area (TPSA) is 97.4 Å². The molecule has 0 amide bonds. The van der Waals surface area contributed by atoms with Gasteiger partial charge in [-0.3, -0.25) is 14.1 Å². The van der Waals surface area contributed by atoms with E-state index in [1.807, 2.05) is 13.8 Å². The molecule has 8 nitrogen and oxygen atoms in total. The van der Waals surface area contributed by atoms with Crippen molar-refractivity contribution in [2.24, 2.45) is 5.92 Å². The van der Waals surface area contributed by atoms with Crippen molar-refractivity contribution in [3.05, 3.63) is 0 Å². The average molecular weight is 382 g/mol. The first-order valence-corrected chi connectivity index (χ1v) is 9.87. The van der Waals surface area contributed by atoms with Gasteiger partial charge < -0.3 is 9.47 Å². The molecular formula is C16H31O8P. The lowest BCUT2D eigenvalue weighted by atomic mass is 9.95. The summed E-state index contributed by atoms with van der Waals surface area (Å²) in [5, 5.41) is 0. The molecule has 0 aromatic rings. The van der Waals surface area contributed by atoms with Crippen LogP contribution in [0.4, 0.5) is 0 Å². The second kappa shape index (κ2) is 10.3. The molecule has 2 atom stereocenters. The summed E-state index contributed by atoms with van der Waals surface area (Å²) in [5.74, 6) is -1.06. The Bertz CT molecular complexity index is 459. The zero-order valence-corrected chi connectivity index (χ0v) is 17.3. The number of hydrogen-bond acceptors (Lipinski definition) is 8. The van der Waals surface area contributed by atoms with Crippen LogP contribution in [-0.4, -0.2) is 30.1 Å². The Morgan fingerprint density at radius 3 is 1.52 bits per heavy atom. The van der Waals surface area contributed by atoms with Gasteiger partial charge in [0.1, 0.15) is 0 Å². The largest absolute Gasteiger partial charge is 0.481 e. The Kier molecular flexibility index (Phi) is 9.87. The number of ether oxygens (including phenoxy) is 2. The number of carbonyl (C=O) groups is 2. The van der Waals surface area contributed by atoms with Crippen molar-refractivity contribution >= 4 is 19.8 Å². The zero-order valence-electron chi connectivity index (χ0n) is 16.4. The van der Waals surface area contributed by atoms with Crippen LogP contribution in [0.25, 0.3) is 0 Å². The van der Waals surface area contributed by atoms with Crippen molar-refractivity contribution in [2.45, 2.75) is 86.4 Å². The first kappa shape index (κ1) is 24.1. The number of rotatable bonds is 11. The summed E-state index contributed by atoms with van der Waals surface area (Å²) in [6.07, 6.45) is -2.03. The van der Waals surface area contributed by atoms with E-state index in [0.29, 0.717) is 0 Å². The van der Waals surface area contributed by atoms with Crippen molar-refractivity contribution in [3.63, 3.8) is 0 Å². The summed E-state index contributed by atoms with van der Waals surface area (Å²) in [6, 6.07) is 0. The lowest BCUT2D eigenvalue weighted by Gasteiger charge is -2.34. The van der Waals surface area contributed by atoms with E-state index in [0.717, 1.165) is 0 Å². The molecule has 0 aliphatic carbocycles. The molecule has 0 saturated heterocycles. The van der Waals surface area contributed by atoms with Gasteiger partial charge in [0.2, 0.25) is 12.6 Å². The van der Waals surface area contributed by atoms with Crippen LogP contribution in [0.15, 0.2) is 0 Å². The van der Waals surface area contributed by atoms with E-state index in [1.54, 1.807) is 27.7 Å². The highest BCUT2D eigenvalue weighted by molar-refractivity contribution is 7.48. The van der Waals surface area contributed by atoms with Gasteiger partial charge >= 0.3 is 19.8 Å². The van der Waals surface area contributed by atoms with Crippen LogP contribution in [0, 0.1) is 5.92 Å². The highest BCUT2D eigenvalue weighted by Gasteiger charge is 2.41. The molecule has 9 heteroatoms. The fraction of sp³-hybridized carbons (Fsp3) is 0.875. The van der Waals surface area contributed by atoms with Gasteiger partial charge in [0.05, 0.1) is 5.60 Å². The minimum atomic E-state index is -4.19. The molecule has 0 heterocycles. The summed E-state index contributed by atoms with van der Waals surface area (Å²) in [6.45, 7) is 13.3. The van der Waals surface area contributed by atoms with Gasteiger partial charge in [-0.05, 0) is 33.6 Å². The summed E-state index contributed by atoms with van der Waals surface area (Å²) < 4.78 is 39.1. The van der Waals surface area contributed by atoms with Crippen LogP contribution < -0.4 is 0 Å². The number of esters is 2. The zero-order chi connectivity index (χ0) is 19.8. The molecule has 0 fully saturated rings. The van der Waals surface area contributed by atoms with E-state index >= 15 is 0 Å². The molecular weight excluding hydrogens is 351 g/mol. The highest BCUT2D eigenvalue weighted by atomic mass is 31.2. The fourth-order valence-corrected chi connectivity index (χ4v) is 3.14. The van der Waals surface area contributed by atoms with Crippen molar-refractivity contribution in [2.75, 3.05) is 0 Å². The Morgan fingerprint density at radius 2 is 1.24 bits per heavy atom. The van der Waals surface area contributed by atoms with Crippen LogP contribution in [0.2, 0.25) is 0 Å². The molecule has 25 heavy (non-hydrogen) atoms. The maximum atomic E-state index is 13.0. The second-order valence-electron chi connectivity index (χ2n) is 6.33. The van der Waals surface area contributed by atoms with Crippen LogP contribution in [-0.2, 0) is 37.2 Å².